The maximum atomic E-state index is 12.6. The third kappa shape index (κ3) is 7.70. The van der Waals surface area contributed by atoms with E-state index in [0.717, 1.165) is 21.8 Å². The van der Waals surface area contributed by atoms with Crippen molar-refractivity contribution in [3.8, 4) is 11.5 Å². The van der Waals surface area contributed by atoms with Gasteiger partial charge in [0.2, 0.25) is 0 Å². The summed E-state index contributed by atoms with van der Waals surface area (Å²) < 4.78 is 12.1. The number of nitro benzene ring substituents is 1. The van der Waals surface area contributed by atoms with Crippen molar-refractivity contribution in [1.82, 2.24) is 5.43 Å². The minimum Gasteiger partial charge on any atom is -0.483 e. The van der Waals surface area contributed by atoms with Gasteiger partial charge in [-0.1, -0.05) is 41.9 Å². The first-order valence-corrected chi connectivity index (χ1v) is 12.6. The summed E-state index contributed by atoms with van der Waals surface area (Å²) in [6.45, 7) is 5.70. The predicted octanol–water partition coefficient (Wildman–Crippen LogP) is 6.30. The summed E-state index contributed by atoms with van der Waals surface area (Å²) >= 11 is 6.52. The Kier molecular flexibility index (Phi) is 9.54. The van der Waals surface area contributed by atoms with Crippen LogP contribution in [0.5, 0.6) is 11.5 Å². The Morgan fingerprint density at radius 2 is 1.81 bits per heavy atom. The van der Waals surface area contributed by atoms with E-state index in [0.29, 0.717) is 5.75 Å². The maximum absolute atomic E-state index is 12.6. The van der Waals surface area contributed by atoms with Gasteiger partial charge in [-0.2, -0.15) is 5.10 Å². The predicted molar refractivity (Wildman–Crippen MR) is 146 cm³/mol. The number of benzene rings is 3. The average Bonchev–Trinajstić information content (AvgIpc) is 2.84. The van der Waals surface area contributed by atoms with Gasteiger partial charge in [0.25, 0.3) is 11.6 Å². The van der Waals surface area contributed by atoms with Crippen molar-refractivity contribution in [2.45, 2.75) is 26.7 Å². The number of aryl methyl sites for hydroxylation is 1. The fraction of sp³-hybridized carbons (Fsp3) is 0.192. The zero-order chi connectivity index (χ0) is 27.1. The van der Waals surface area contributed by atoms with Crippen LogP contribution in [0.2, 0.25) is 0 Å². The van der Waals surface area contributed by atoms with E-state index in [1.807, 2.05) is 39.0 Å². The molecule has 0 aromatic heterocycles. The summed E-state index contributed by atoms with van der Waals surface area (Å²) in [4.78, 5) is 35.7. The van der Waals surface area contributed by atoms with Gasteiger partial charge in [-0.3, -0.25) is 14.9 Å². The summed E-state index contributed by atoms with van der Waals surface area (Å²) in [5.74, 6) is -0.380. The minimum atomic E-state index is -0.673. The van der Waals surface area contributed by atoms with E-state index in [-0.39, 0.29) is 39.6 Å². The van der Waals surface area contributed by atoms with Crippen LogP contribution >= 0.6 is 31.9 Å². The maximum Gasteiger partial charge on any atom is 0.343 e. The normalized spacial score (nSPS) is 11.0. The summed E-state index contributed by atoms with van der Waals surface area (Å²) in [5, 5.41) is 15.2. The lowest BCUT2D eigenvalue weighted by Gasteiger charge is -2.14. The highest BCUT2D eigenvalue weighted by atomic mass is 79.9. The first kappa shape index (κ1) is 28.0. The van der Waals surface area contributed by atoms with Crippen molar-refractivity contribution < 1.29 is 24.0 Å². The molecule has 9 nitrogen and oxygen atoms in total. The lowest BCUT2D eigenvalue weighted by atomic mass is 10.0. The number of ether oxygens (including phenoxy) is 2. The average molecular weight is 633 g/mol. The van der Waals surface area contributed by atoms with Crippen molar-refractivity contribution >= 4 is 55.6 Å². The van der Waals surface area contributed by atoms with Crippen LogP contribution < -0.4 is 14.9 Å². The molecule has 1 amide bonds. The van der Waals surface area contributed by atoms with Crippen LogP contribution in [-0.4, -0.2) is 29.6 Å². The molecule has 192 valence electrons. The molecule has 0 unspecified atom stereocenters. The lowest BCUT2D eigenvalue weighted by Crippen LogP contribution is -2.25. The van der Waals surface area contributed by atoms with Gasteiger partial charge in [0.1, 0.15) is 5.75 Å². The molecule has 0 radical (unpaired) electrons. The van der Waals surface area contributed by atoms with Crippen molar-refractivity contribution in [3.05, 3.63) is 95.9 Å². The van der Waals surface area contributed by atoms with E-state index < -0.39 is 16.8 Å². The number of nitro groups is 1. The molecule has 37 heavy (non-hydrogen) atoms. The van der Waals surface area contributed by atoms with Crippen LogP contribution in [0.25, 0.3) is 0 Å². The van der Waals surface area contributed by atoms with Crippen molar-refractivity contribution in [1.29, 1.82) is 0 Å². The zero-order valence-electron chi connectivity index (χ0n) is 20.2. The Bertz CT molecular complexity index is 1360. The SMILES string of the molecule is Cc1ccc(C(C)C)c(OCC(=O)NN=Cc2cc([N+](=O)[O-])cc(Br)c2OC(=O)c2ccc(Br)cc2)c1. The third-order valence-electron chi connectivity index (χ3n) is 5.09. The summed E-state index contributed by atoms with van der Waals surface area (Å²) in [5.41, 5.74) is 4.42. The number of hydrazone groups is 1. The molecule has 3 aromatic rings. The van der Waals surface area contributed by atoms with Crippen LogP contribution in [0.15, 0.2) is 68.6 Å². The van der Waals surface area contributed by atoms with Gasteiger partial charge < -0.3 is 9.47 Å². The van der Waals surface area contributed by atoms with Gasteiger partial charge in [0.15, 0.2) is 12.4 Å². The largest absolute Gasteiger partial charge is 0.483 e. The Morgan fingerprint density at radius 3 is 2.46 bits per heavy atom. The quantitative estimate of drug-likeness (QED) is 0.0972. The fourth-order valence-electron chi connectivity index (χ4n) is 3.24. The number of hydrogen-bond acceptors (Lipinski definition) is 7. The molecular formula is C26H23Br2N3O6. The van der Waals surface area contributed by atoms with Gasteiger partial charge in [-0.25, -0.2) is 10.2 Å². The second kappa shape index (κ2) is 12.6. The molecule has 0 atom stereocenters. The number of halogens is 2. The van der Waals surface area contributed by atoms with E-state index in [9.17, 15) is 19.7 Å². The lowest BCUT2D eigenvalue weighted by molar-refractivity contribution is -0.385. The molecule has 0 aliphatic rings. The molecule has 11 heteroatoms. The number of nitrogens with one attached hydrogen (secondary N) is 1. The topological polar surface area (TPSA) is 120 Å². The van der Waals surface area contributed by atoms with Crippen LogP contribution in [0.4, 0.5) is 5.69 Å². The third-order valence-corrected chi connectivity index (χ3v) is 6.20. The number of rotatable bonds is 9. The van der Waals surface area contributed by atoms with Gasteiger partial charge in [0, 0.05) is 22.2 Å². The number of carbonyl (C=O) groups excluding carboxylic acids is 2. The van der Waals surface area contributed by atoms with E-state index in [4.69, 9.17) is 9.47 Å². The molecule has 0 aliphatic carbocycles. The van der Waals surface area contributed by atoms with Crippen LogP contribution in [-0.2, 0) is 4.79 Å². The number of esters is 1. The van der Waals surface area contributed by atoms with Crippen LogP contribution in [0.1, 0.15) is 46.8 Å². The summed E-state index contributed by atoms with van der Waals surface area (Å²) in [6, 6.07) is 14.7. The number of non-ortho nitro benzene ring substituents is 1. The molecule has 0 saturated heterocycles. The second-order valence-corrected chi connectivity index (χ2v) is 10.0. The second-order valence-electron chi connectivity index (χ2n) is 8.28. The van der Waals surface area contributed by atoms with Gasteiger partial charge in [0.05, 0.1) is 21.2 Å². The number of hydrogen-bond donors (Lipinski definition) is 1. The van der Waals surface area contributed by atoms with Gasteiger partial charge in [-0.05, 0) is 70.2 Å². The fourth-order valence-corrected chi connectivity index (χ4v) is 4.05. The van der Waals surface area contributed by atoms with Crippen LogP contribution in [0, 0.1) is 17.0 Å². The van der Waals surface area contributed by atoms with Crippen LogP contribution in [0.3, 0.4) is 0 Å². The summed E-state index contributed by atoms with van der Waals surface area (Å²) in [7, 11) is 0. The molecule has 0 saturated carbocycles. The highest BCUT2D eigenvalue weighted by molar-refractivity contribution is 9.10. The minimum absolute atomic E-state index is 0.00843. The molecule has 0 bridgehead atoms. The Morgan fingerprint density at radius 1 is 1.11 bits per heavy atom. The summed E-state index contributed by atoms with van der Waals surface area (Å²) in [6.07, 6.45) is 1.16. The standard InChI is InChI=1S/C26H23Br2N3O6/c1-15(2)21-9-4-16(3)10-23(21)36-14-24(32)30-29-13-18-11-20(31(34)35)12-22(28)25(18)37-26(33)17-5-7-19(27)8-6-17/h4-13,15H,14H2,1-3H3,(H,30,32). The molecule has 0 heterocycles. The first-order chi connectivity index (χ1) is 17.5. The molecule has 3 rings (SSSR count). The smallest absolute Gasteiger partial charge is 0.343 e. The Hall–Kier alpha value is -3.57. The number of nitrogens with zero attached hydrogens (tertiary/aromatic N) is 2. The van der Waals surface area contributed by atoms with E-state index >= 15 is 0 Å². The number of carbonyl (C=O) groups is 2. The molecule has 0 aliphatic heterocycles. The number of amides is 1. The monoisotopic (exact) mass is 631 g/mol. The molecule has 3 aromatic carbocycles. The molecular weight excluding hydrogens is 610 g/mol. The molecule has 0 fully saturated rings. The molecule has 0 spiro atoms. The highest BCUT2D eigenvalue weighted by Crippen LogP contribution is 2.33. The van der Waals surface area contributed by atoms with Gasteiger partial charge >= 0.3 is 5.97 Å². The first-order valence-electron chi connectivity index (χ1n) is 11.1. The van der Waals surface area contributed by atoms with Gasteiger partial charge in [-0.15, -0.1) is 0 Å². The van der Waals surface area contributed by atoms with E-state index in [1.165, 1.54) is 12.1 Å². The van der Waals surface area contributed by atoms with E-state index in [1.54, 1.807) is 24.3 Å². The van der Waals surface area contributed by atoms with Crippen molar-refractivity contribution in [2.75, 3.05) is 6.61 Å². The zero-order valence-corrected chi connectivity index (χ0v) is 23.3. The van der Waals surface area contributed by atoms with Crippen molar-refractivity contribution in [3.63, 3.8) is 0 Å². The highest BCUT2D eigenvalue weighted by Gasteiger charge is 2.19. The van der Waals surface area contributed by atoms with E-state index in [2.05, 4.69) is 42.4 Å². The Labute approximate surface area is 230 Å². The Balaban J connectivity index is 1.75. The molecule has 1 N–H and O–H groups in total. The van der Waals surface area contributed by atoms with Crippen molar-refractivity contribution in [2.24, 2.45) is 5.10 Å².